The van der Waals surface area contributed by atoms with Gasteiger partial charge in [-0.15, -0.1) is 11.8 Å². The van der Waals surface area contributed by atoms with Crippen molar-refractivity contribution in [3.8, 4) is 0 Å². The number of nitrogens with one attached hydrogen (secondary N) is 2. The van der Waals surface area contributed by atoms with Gasteiger partial charge in [0.05, 0.1) is 11.4 Å². The predicted molar refractivity (Wildman–Crippen MR) is 71.2 cm³/mol. The van der Waals surface area contributed by atoms with Crippen LogP contribution in [0.2, 0.25) is 0 Å². The van der Waals surface area contributed by atoms with Crippen molar-refractivity contribution in [3.05, 3.63) is 23.8 Å². The number of carbonyl (C=O) groups excluding carboxylic acids is 1. The van der Waals surface area contributed by atoms with Crippen molar-refractivity contribution in [1.29, 1.82) is 0 Å². The Morgan fingerprint density at radius 1 is 1.53 bits per heavy atom. The van der Waals surface area contributed by atoms with Gasteiger partial charge in [0.1, 0.15) is 0 Å². The van der Waals surface area contributed by atoms with Gasteiger partial charge in [0.15, 0.2) is 0 Å². The summed E-state index contributed by atoms with van der Waals surface area (Å²) in [6.07, 6.45) is 0. The van der Waals surface area contributed by atoms with Crippen LogP contribution >= 0.6 is 11.8 Å². The zero-order valence-electron chi connectivity index (χ0n) is 10.1. The van der Waals surface area contributed by atoms with E-state index in [1.165, 1.54) is 5.56 Å². The van der Waals surface area contributed by atoms with Crippen LogP contribution in [0, 0.1) is 0 Å². The summed E-state index contributed by atoms with van der Waals surface area (Å²) in [6.45, 7) is 1.72. The minimum Gasteiger partial charge on any atom is -0.324 e. The van der Waals surface area contributed by atoms with Crippen LogP contribution in [-0.2, 0) is 11.3 Å². The normalized spacial score (nSPS) is 14.6. The van der Waals surface area contributed by atoms with Crippen LogP contribution in [0.3, 0.4) is 0 Å². The van der Waals surface area contributed by atoms with Crippen LogP contribution in [-0.4, -0.2) is 37.3 Å². The summed E-state index contributed by atoms with van der Waals surface area (Å²) in [5.74, 6) is 0.606. The van der Waals surface area contributed by atoms with E-state index in [0.717, 1.165) is 23.8 Å². The van der Waals surface area contributed by atoms with Gasteiger partial charge in [0, 0.05) is 18.1 Å². The van der Waals surface area contributed by atoms with Crippen LogP contribution in [0.25, 0.3) is 0 Å². The van der Waals surface area contributed by atoms with Crippen molar-refractivity contribution in [2.75, 3.05) is 31.8 Å². The zero-order chi connectivity index (χ0) is 12.3. The maximum absolute atomic E-state index is 11.3. The zero-order valence-corrected chi connectivity index (χ0v) is 10.9. The highest BCUT2D eigenvalue weighted by atomic mass is 32.2. The highest BCUT2D eigenvalue weighted by molar-refractivity contribution is 8.00. The predicted octanol–water partition coefficient (Wildman–Crippen LogP) is 1.34. The van der Waals surface area contributed by atoms with Gasteiger partial charge in [-0.1, -0.05) is 6.07 Å². The fourth-order valence-electron chi connectivity index (χ4n) is 1.87. The number of fused-ring (bicyclic) bond motifs is 1. The first kappa shape index (κ1) is 12.4. The third kappa shape index (κ3) is 3.21. The fraction of sp³-hybridized carbons (Fsp3) is 0.417. The van der Waals surface area contributed by atoms with Gasteiger partial charge in [-0.25, -0.2) is 0 Å². The van der Waals surface area contributed by atoms with E-state index >= 15 is 0 Å². The molecule has 0 atom stereocenters. The molecule has 5 heteroatoms. The molecule has 0 spiro atoms. The highest BCUT2D eigenvalue weighted by Crippen LogP contribution is 2.32. The molecule has 1 heterocycles. The molecule has 0 saturated carbocycles. The third-order valence-corrected chi connectivity index (χ3v) is 3.63. The quantitative estimate of drug-likeness (QED) is 0.793. The number of carbonyl (C=O) groups is 1. The molecule has 0 radical (unpaired) electrons. The summed E-state index contributed by atoms with van der Waals surface area (Å²) < 4.78 is 0. The number of nitrogens with zero attached hydrogens (tertiary/aromatic N) is 1. The average Bonchev–Trinajstić information content (AvgIpc) is 2.28. The van der Waals surface area contributed by atoms with Crippen molar-refractivity contribution in [3.63, 3.8) is 0 Å². The smallest absolute Gasteiger partial charge is 0.234 e. The number of hydrogen-bond acceptors (Lipinski definition) is 4. The van der Waals surface area contributed by atoms with Gasteiger partial charge in [-0.2, -0.15) is 0 Å². The minimum absolute atomic E-state index is 0.0863. The highest BCUT2D eigenvalue weighted by Gasteiger charge is 2.15. The summed E-state index contributed by atoms with van der Waals surface area (Å²) in [4.78, 5) is 14.6. The molecule has 2 rings (SSSR count). The largest absolute Gasteiger partial charge is 0.324 e. The number of benzene rings is 1. The molecule has 0 bridgehead atoms. The molecule has 4 nitrogen and oxygen atoms in total. The van der Waals surface area contributed by atoms with E-state index in [1.807, 2.05) is 7.05 Å². The van der Waals surface area contributed by atoms with Crippen LogP contribution in [0.15, 0.2) is 23.1 Å². The lowest BCUT2D eigenvalue weighted by molar-refractivity contribution is -0.113. The third-order valence-electron chi connectivity index (χ3n) is 2.56. The lowest BCUT2D eigenvalue weighted by atomic mass is 10.2. The molecular formula is C12H17N3OS. The number of amides is 1. The first-order valence-corrected chi connectivity index (χ1v) is 6.56. The van der Waals surface area contributed by atoms with Crippen LogP contribution in [0.1, 0.15) is 5.56 Å². The van der Waals surface area contributed by atoms with Gasteiger partial charge >= 0.3 is 0 Å². The first-order chi connectivity index (χ1) is 8.19. The molecule has 1 amide bonds. The van der Waals surface area contributed by atoms with E-state index in [0.29, 0.717) is 5.75 Å². The number of rotatable bonds is 4. The summed E-state index contributed by atoms with van der Waals surface area (Å²) >= 11 is 1.60. The van der Waals surface area contributed by atoms with Crippen molar-refractivity contribution in [2.24, 2.45) is 0 Å². The molecular weight excluding hydrogens is 234 g/mol. The first-order valence-electron chi connectivity index (χ1n) is 5.58. The van der Waals surface area contributed by atoms with E-state index in [1.54, 1.807) is 11.8 Å². The second-order valence-electron chi connectivity index (χ2n) is 4.19. The van der Waals surface area contributed by atoms with Crippen molar-refractivity contribution < 1.29 is 4.79 Å². The van der Waals surface area contributed by atoms with E-state index in [9.17, 15) is 4.79 Å². The molecule has 1 aliphatic heterocycles. The second-order valence-corrected chi connectivity index (χ2v) is 5.21. The maximum atomic E-state index is 11.3. The topological polar surface area (TPSA) is 44.4 Å². The summed E-state index contributed by atoms with van der Waals surface area (Å²) in [5, 5.41) is 6.02. The molecule has 0 aliphatic carbocycles. The van der Waals surface area contributed by atoms with Crippen molar-refractivity contribution in [1.82, 2.24) is 10.2 Å². The Balaban J connectivity index is 2.10. The lowest BCUT2D eigenvalue weighted by Gasteiger charge is -2.20. The second kappa shape index (κ2) is 5.53. The van der Waals surface area contributed by atoms with Gasteiger partial charge in [-0.3, -0.25) is 9.69 Å². The van der Waals surface area contributed by atoms with Gasteiger partial charge in [0.25, 0.3) is 0 Å². The van der Waals surface area contributed by atoms with E-state index in [2.05, 4.69) is 40.8 Å². The van der Waals surface area contributed by atoms with Crippen molar-refractivity contribution >= 4 is 23.4 Å². The van der Waals surface area contributed by atoms with Crippen LogP contribution in [0.5, 0.6) is 0 Å². The van der Waals surface area contributed by atoms with Gasteiger partial charge in [0.2, 0.25) is 5.91 Å². The maximum Gasteiger partial charge on any atom is 0.234 e. The molecule has 1 aromatic rings. The fourth-order valence-corrected chi connectivity index (χ4v) is 2.65. The summed E-state index contributed by atoms with van der Waals surface area (Å²) in [6, 6.07) is 6.27. The van der Waals surface area contributed by atoms with E-state index < -0.39 is 0 Å². The minimum atomic E-state index is 0.0863. The van der Waals surface area contributed by atoms with Crippen LogP contribution in [0.4, 0.5) is 5.69 Å². The number of anilines is 1. The molecule has 1 aromatic carbocycles. The Bertz CT molecular complexity index is 422. The monoisotopic (exact) mass is 251 g/mol. The molecule has 92 valence electrons. The number of thioether (sulfide) groups is 1. The molecule has 0 unspecified atom stereocenters. The van der Waals surface area contributed by atoms with E-state index in [4.69, 9.17) is 0 Å². The van der Waals surface area contributed by atoms with Gasteiger partial charge < -0.3 is 10.6 Å². The van der Waals surface area contributed by atoms with Crippen molar-refractivity contribution in [2.45, 2.75) is 11.4 Å². The molecule has 17 heavy (non-hydrogen) atoms. The Morgan fingerprint density at radius 3 is 3.12 bits per heavy atom. The standard InChI is InChI=1S/C12H17N3OS/c1-13-8-15(2)6-9-3-4-11-10(5-9)14-12(16)7-17-11/h3-5,13H,6-8H2,1-2H3,(H,14,16). The Morgan fingerprint density at radius 2 is 2.35 bits per heavy atom. The number of hydrogen-bond donors (Lipinski definition) is 2. The molecule has 0 fully saturated rings. The summed E-state index contributed by atoms with van der Waals surface area (Å²) in [7, 11) is 3.99. The molecule has 1 aliphatic rings. The Hall–Kier alpha value is -1.04. The lowest BCUT2D eigenvalue weighted by Crippen LogP contribution is -2.28. The summed E-state index contributed by atoms with van der Waals surface area (Å²) in [5.41, 5.74) is 2.16. The molecule has 0 aromatic heterocycles. The Labute approximate surface area is 106 Å². The molecule has 0 saturated heterocycles. The van der Waals surface area contributed by atoms with Gasteiger partial charge in [-0.05, 0) is 31.8 Å². The Kier molecular flexibility index (Phi) is 4.04. The molecule has 2 N–H and O–H groups in total. The van der Waals surface area contributed by atoms with Crippen LogP contribution < -0.4 is 10.6 Å². The van der Waals surface area contributed by atoms with E-state index in [-0.39, 0.29) is 5.91 Å². The average molecular weight is 251 g/mol. The SMILES string of the molecule is CNCN(C)Cc1ccc2c(c1)NC(=O)CS2.